The van der Waals surface area contributed by atoms with Gasteiger partial charge in [-0.15, -0.1) is 0 Å². The van der Waals surface area contributed by atoms with Crippen molar-refractivity contribution in [2.75, 3.05) is 14.2 Å². The van der Waals surface area contributed by atoms with Crippen LogP contribution in [0.25, 0.3) is 0 Å². The summed E-state index contributed by atoms with van der Waals surface area (Å²) >= 11 is 0. The molecule has 5 nitrogen and oxygen atoms in total. The fourth-order valence-corrected chi connectivity index (χ4v) is 2.17. The first-order valence-electron chi connectivity index (χ1n) is 5.73. The molecule has 0 saturated carbocycles. The molecular weight excluding hydrogens is 253 g/mol. The minimum absolute atomic E-state index is 0.0640. The number of carboxylic acids is 1. The van der Waals surface area contributed by atoms with Crippen LogP contribution in [0.5, 0.6) is 11.5 Å². The second-order valence-electron chi connectivity index (χ2n) is 4.25. The van der Waals surface area contributed by atoms with Crippen LogP contribution >= 0.6 is 0 Å². The molecule has 0 aliphatic heterocycles. The van der Waals surface area contributed by atoms with Gasteiger partial charge in [-0.25, -0.2) is 4.39 Å². The Morgan fingerprint density at radius 3 is 2.21 bits per heavy atom. The third-order valence-electron chi connectivity index (χ3n) is 3.03. The Balaban J connectivity index is 3.51. The molecule has 0 bridgehead atoms. The number of halogens is 1. The fraction of sp³-hybridized carbons (Fsp3) is 0.462. The molecule has 1 unspecified atom stereocenters. The first kappa shape index (κ1) is 15.2. The molecule has 0 saturated heterocycles. The number of carboxylic acid groups (broad SMARTS) is 1. The largest absolute Gasteiger partial charge is 0.496 e. The van der Waals surface area contributed by atoms with Gasteiger partial charge in [-0.05, 0) is 13.8 Å². The van der Waals surface area contributed by atoms with E-state index in [0.29, 0.717) is 11.1 Å². The molecule has 0 fully saturated rings. The van der Waals surface area contributed by atoms with Crippen LogP contribution in [0.4, 0.5) is 4.39 Å². The Bertz CT molecular complexity index is 502. The van der Waals surface area contributed by atoms with Crippen LogP contribution in [0.15, 0.2) is 0 Å². The van der Waals surface area contributed by atoms with Crippen molar-refractivity contribution in [1.29, 1.82) is 0 Å². The lowest BCUT2D eigenvalue weighted by Gasteiger charge is -2.21. The highest BCUT2D eigenvalue weighted by Gasteiger charge is 2.25. The number of rotatable bonds is 5. The van der Waals surface area contributed by atoms with E-state index in [1.807, 2.05) is 0 Å². The summed E-state index contributed by atoms with van der Waals surface area (Å²) in [4.78, 5) is 10.8. The van der Waals surface area contributed by atoms with Crippen molar-refractivity contribution >= 4 is 5.97 Å². The van der Waals surface area contributed by atoms with Crippen molar-refractivity contribution in [2.24, 2.45) is 5.73 Å². The van der Waals surface area contributed by atoms with Gasteiger partial charge in [0.2, 0.25) is 0 Å². The third-order valence-corrected chi connectivity index (χ3v) is 3.03. The number of aliphatic carboxylic acids is 1. The highest BCUT2D eigenvalue weighted by Crippen LogP contribution is 2.40. The summed E-state index contributed by atoms with van der Waals surface area (Å²) < 4.78 is 24.2. The summed E-state index contributed by atoms with van der Waals surface area (Å²) in [6.07, 6.45) is -0.272. The second kappa shape index (κ2) is 5.88. The van der Waals surface area contributed by atoms with Crippen molar-refractivity contribution in [1.82, 2.24) is 0 Å². The van der Waals surface area contributed by atoms with E-state index >= 15 is 0 Å². The Hall–Kier alpha value is -1.82. The van der Waals surface area contributed by atoms with Gasteiger partial charge in [0.05, 0.1) is 20.6 Å². The van der Waals surface area contributed by atoms with Gasteiger partial charge in [0.25, 0.3) is 0 Å². The zero-order valence-electron chi connectivity index (χ0n) is 11.4. The SMILES string of the molecule is COc1c(C)c(C(N)CC(=O)O)c(OC)c(C)c1F. The van der Waals surface area contributed by atoms with Gasteiger partial charge in [0.1, 0.15) is 5.75 Å². The Morgan fingerprint density at radius 2 is 1.79 bits per heavy atom. The lowest BCUT2D eigenvalue weighted by atomic mass is 9.94. The van der Waals surface area contributed by atoms with Gasteiger partial charge in [-0.3, -0.25) is 4.79 Å². The molecule has 6 heteroatoms. The van der Waals surface area contributed by atoms with Crippen molar-refractivity contribution in [3.05, 3.63) is 22.5 Å². The van der Waals surface area contributed by atoms with Crippen molar-refractivity contribution in [2.45, 2.75) is 26.3 Å². The normalized spacial score (nSPS) is 12.1. The lowest BCUT2D eigenvalue weighted by molar-refractivity contribution is -0.137. The van der Waals surface area contributed by atoms with Crippen LogP contribution in [0.3, 0.4) is 0 Å². The van der Waals surface area contributed by atoms with Gasteiger partial charge in [0, 0.05) is 22.7 Å². The molecule has 1 rings (SSSR count). The molecule has 1 aromatic carbocycles. The van der Waals surface area contributed by atoms with Crippen LogP contribution in [0.2, 0.25) is 0 Å². The van der Waals surface area contributed by atoms with Gasteiger partial charge < -0.3 is 20.3 Å². The zero-order chi connectivity index (χ0) is 14.7. The third kappa shape index (κ3) is 2.78. The number of benzene rings is 1. The smallest absolute Gasteiger partial charge is 0.305 e. The van der Waals surface area contributed by atoms with Crippen LogP contribution < -0.4 is 15.2 Å². The minimum Gasteiger partial charge on any atom is -0.496 e. The summed E-state index contributed by atoms with van der Waals surface area (Å²) in [7, 11) is 2.74. The molecule has 19 heavy (non-hydrogen) atoms. The molecule has 1 aromatic rings. The maximum absolute atomic E-state index is 14.1. The van der Waals surface area contributed by atoms with E-state index in [9.17, 15) is 9.18 Å². The first-order chi connectivity index (χ1) is 8.84. The molecule has 3 N–H and O–H groups in total. The van der Waals surface area contributed by atoms with Crippen molar-refractivity contribution in [3.8, 4) is 11.5 Å². The molecule has 0 spiro atoms. The predicted molar refractivity (Wildman–Crippen MR) is 68.2 cm³/mol. The van der Waals surface area contributed by atoms with E-state index in [1.165, 1.54) is 21.1 Å². The highest BCUT2D eigenvalue weighted by atomic mass is 19.1. The summed E-state index contributed by atoms with van der Waals surface area (Å²) in [5.41, 5.74) is 7.04. The average molecular weight is 271 g/mol. The second-order valence-corrected chi connectivity index (χ2v) is 4.25. The minimum atomic E-state index is -1.03. The number of nitrogens with two attached hydrogens (primary N) is 1. The van der Waals surface area contributed by atoms with E-state index in [2.05, 4.69) is 0 Å². The average Bonchev–Trinajstić information content (AvgIpc) is 2.33. The molecule has 106 valence electrons. The van der Waals surface area contributed by atoms with Crippen LogP contribution in [-0.2, 0) is 4.79 Å². The van der Waals surface area contributed by atoms with Crippen LogP contribution in [0, 0.1) is 19.7 Å². The maximum Gasteiger partial charge on any atom is 0.305 e. The number of hydrogen-bond donors (Lipinski definition) is 2. The van der Waals surface area contributed by atoms with E-state index in [-0.39, 0.29) is 23.5 Å². The van der Waals surface area contributed by atoms with Crippen LogP contribution in [-0.4, -0.2) is 25.3 Å². The zero-order valence-corrected chi connectivity index (χ0v) is 11.4. The van der Waals surface area contributed by atoms with Gasteiger partial charge >= 0.3 is 5.97 Å². The Kier molecular flexibility index (Phi) is 4.72. The molecule has 0 amide bonds. The number of ether oxygens (including phenoxy) is 2. The molecular formula is C13H18FNO4. The topological polar surface area (TPSA) is 81.8 Å². The monoisotopic (exact) mass is 271 g/mol. The van der Waals surface area contributed by atoms with E-state index < -0.39 is 17.8 Å². The van der Waals surface area contributed by atoms with E-state index in [4.69, 9.17) is 20.3 Å². The number of hydrogen-bond acceptors (Lipinski definition) is 4. The fourth-order valence-electron chi connectivity index (χ4n) is 2.17. The first-order valence-corrected chi connectivity index (χ1v) is 5.73. The Labute approximate surface area is 111 Å². The molecule has 0 heterocycles. The van der Waals surface area contributed by atoms with Crippen LogP contribution in [0.1, 0.15) is 29.2 Å². The maximum atomic E-state index is 14.1. The summed E-state index contributed by atoms with van der Waals surface area (Å²) in [5.74, 6) is -1.23. The van der Waals surface area contributed by atoms with Crippen molar-refractivity contribution < 1.29 is 23.8 Å². The Morgan fingerprint density at radius 1 is 1.26 bits per heavy atom. The number of methoxy groups -OCH3 is 2. The molecule has 1 atom stereocenters. The van der Waals surface area contributed by atoms with Gasteiger partial charge in [0.15, 0.2) is 11.6 Å². The predicted octanol–water partition coefficient (Wildman–Crippen LogP) is 1.93. The van der Waals surface area contributed by atoms with Crippen molar-refractivity contribution in [3.63, 3.8) is 0 Å². The molecule has 0 aliphatic rings. The summed E-state index contributed by atoms with van der Waals surface area (Å²) in [6.45, 7) is 3.16. The molecule has 0 radical (unpaired) electrons. The van der Waals surface area contributed by atoms with E-state index in [1.54, 1.807) is 6.92 Å². The van der Waals surface area contributed by atoms with Gasteiger partial charge in [-0.2, -0.15) is 0 Å². The lowest BCUT2D eigenvalue weighted by Crippen LogP contribution is -2.18. The summed E-state index contributed by atoms with van der Waals surface area (Å²) in [5, 5.41) is 8.82. The molecule has 0 aliphatic carbocycles. The standard InChI is InChI=1S/C13H18FNO4/c1-6-10(8(15)5-9(16)17)12(18-3)7(2)11(14)13(6)19-4/h8H,5,15H2,1-4H3,(H,16,17). The van der Waals surface area contributed by atoms with Gasteiger partial charge in [-0.1, -0.05) is 0 Å². The molecule has 0 aromatic heterocycles. The number of carbonyl (C=O) groups is 1. The summed E-state index contributed by atoms with van der Waals surface area (Å²) in [6, 6.07) is -0.791. The highest BCUT2D eigenvalue weighted by molar-refractivity contribution is 5.69. The quantitative estimate of drug-likeness (QED) is 0.855. The van der Waals surface area contributed by atoms with E-state index in [0.717, 1.165) is 0 Å².